The highest BCUT2D eigenvalue weighted by molar-refractivity contribution is 5.45. The van der Waals surface area contributed by atoms with E-state index in [4.69, 9.17) is 11.5 Å². The van der Waals surface area contributed by atoms with Crippen LogP contribution in [0.5, 0.6) is 0 Å². The number of rotatable bonds is 5. The minimum absolute atomic E-state index is 0.558. The Morgan fingerprint density at radius 2 is 2.15 bits per heavy atom. The van der Waals surface area contributed by atoms with Gasteiger partial charge in [0, 0.05) is 18.8 Å². The van der Waals surface area contributed by atoms with Gasteiger partial charge in [-0.15, -0.1) is 0 Å². The first-order valence-corrected chi connectivity index (χ1v) is 4.51. The molecule has 71 valence electrons. The van der Waals surface area contributed by atoms with Gasteiger partial charge in [-0.3, -0.25) is 0 Å². The van der Waals surface area contributed by atoms with Gasteiger partial charge in [-0.05, 0) is 42.8 Å². The van der Waals surface area contributed by atoms with Gasteiger partial charge < -0.3 is 16.8 Å². The van der Waals surface area contributed by atoms with Crippen molar-refractivity contribution in [1.29, 1.82) is 0 Å². The van der Waals surface area contributed by atoms with Crippen LogP contribution in [0, 0.1) is 6.07 Å². The molecule has 0 heterocycles. The minimum atomic E-state index is 0.558. The van der Waals surface area contributed by atoms with Crippen LogP contribution in [-0.4, -0.2) is 13.1 Å². The van der Waals surface area contributed by atoms with Crippen LogP contribution in [0.1, 0.15) is 12.0 Å². The van der Waals surface area contributed by atoms with Crippen molar-refractivity contribution in [3.63, 3.8) is 0 Å². The Hall–Kier alpha value is -1.06. The summed E-state index contributed by atoms with van der Waals surface area (Å²) >= 11 is 0. The van der Waals surface area contributed by atoms with Gasteiger partial charge in [0.2, 0.25) is 0 Å². The van der Waals surface area contributed by atoms with Crippen LogP contribution < -0.4 is 16.8 Å². The molecule has 0 spiro atoms. The molecule has 0 atom stereocenters. The summed E-state index contributed by atoms with van der Waals surface area (Å²) in [6, 6.07) is 8.88. The van der Waals surface area contributed by atoms with E-state index in [1.54, 1.807) is 0 Å². The fourth-order valence-electron chi connectivity index (χ4n) is 1.08. The average molecular weight is 178 g/mol. The van der Waals surface area contributed by atoms with E-state index >= 15 is 0 Å². The molecule has 1 aromatic rings. The van der Waals surface area contributed by atoms with Crippen LogP contribution in [0.3, 0.4) is 0 Å². The molecule has 0 saturated heterocycles. The Morgan fingerprint density at radius 3 is 2.85 bits per heavy atom. The summed E-state index contributed by atoms with van der Waals surface area (Å²) in [7, 11) is 0. The van der Waals surface area contributed by atoms with Gasteiger partial charge >= 0.3 is 0 Å². The summed E-state index contributed by atoms with van der Waals surface area (Å²) < 4.78 is 0. The van der Waals surface area contributed by atoms with Crippen LogP contribution >= 0.6 is 0 Å². The molecule has 13 heavy (non-hydrogen) atoms. The molecule has 0 aromatic heterocycles. The fraction of sp³-hybridized carbons (Fsp3) is 0.400. The topological polar surface area (TPSA) is 64.1 Å². The van der Waals surface area contributed by atoms with Gasteiger partial charge in [-0.2, -0.15) is 0 Å². The Bertz CT molecular complexity index is 248. The third-order valence-electron chi connectivity index (χ3n) is 1.79. The van der Waals surface area contributed by atoms with Crippen LogP contribution in [0.15, 0.2) is 18.2 Å². The molecule has 0 saturated carbocycles. The molecular weight excluding hydrogens is 162 g/mol. The zero-order valence-corrected chi connectivity index (χ0v) is 7.72. The summed E-state index contributed by atoms with van der Waals surface area (Å²) in [5.41, 5.74) is 13.0. The molecule has 0 aliphatic carbocycles. The lowest BCUT2D eigenvalue weighted by atomic mass is 10.2. The molecule has 3 heteroatoms. The molecule has 1 radical (unpaired) electrons. The van der Waals surface area contributed by atoms with Gasteiger partial charge in [0.15, 0.2) is 0 Å². The lowest BCUT2D eigenvalue weighted by Gasteiger charge is -2.06. The third-order valence-corrected chi connectivity index (χ3v) is 1.79. The van der Waals surface area contributed by atoms with E-state index in [0.717, 1.165) is 24.2 Å². The predicted octanol–water partition coefficient (Wildman–Crippen LogP) is 0.706. The van der Waals surface area contributed by atoms with E-state index in [1.165, 1.54) is 0 Å². The van der Waals surface area contributed by atoms with Crippen molar-refractivity contribution in [2.45, 2.75) is 13.0 Å². The summed E-state index contributed by atoms with van der Waals surface area (Å²) in [5, 5.41) is 3.25. The van der Waals surface area contributed by atoms with E-state index in [0.29, 0.717) is 13.1 Å². The molecule has 1 aromatic carbocycles. The summed E-state index contributed by atoms with van der Waals surface area (Å²) in [6.07, 6.45) is 0.979. The first-order valence-electron chi connectivity index (χ1n) is 4.51. The van der Waals surface area contributed by atoms with Crippen molar-refractivity contribution >= 4 is 5.69 Å². The van der Waals surface area contributed by atoms with Crippen molar-refractivity contribution in [2.24, 2.45) is 11.5 Å². The van der Waals surface area contributed by atoms with Gasteiger partial charge in [0.1, 0.15) is 0 Å². The Morgan fingerprint density at radius 1 is 1.31 bits per heavy atom. The molecule has 5 N–H and O–H groups in total. The Labute approximate surface area is 79.1 Å². The highest BCUT2D eigenvalue weighted by Gasteiger charge is 1.92. The molecule has 1 rings (SSSR count). The average Bonchev–Trinajstić information content (AvgIpc) is 2.19. The smallest absolute Gasteiger partial charge is 0.0349 e. The standard InChI is InChI=1S/C10H16N3/c11-5-2-6-13-10-4-1-3-9(7-10)8-12/h3-4,7,13H,2,5-6,8,11-12H2. The maximum Gasteiger partial charge on any atom is 0.0349 e. The molecule has 0 unspecified atom stereocenters. The second-order valence-electron chi connectivity index (χ2n) is 2.90. The summed E-state index contributed by atoms with van der Waals surface area (Å²) in [4.78, 5) is 0. The molecule has 0 bridgehead atoms. The van der Waals surface area contributed by atoms with Crippen LogP contribution in [0.2, 0.25) is 0 Å². The van der Waals surface area contributed by atoms with Crippen molar-refractivity contribution in [1.82, 2.24) is 0 Å². The van der Waals surface area contributed by atoms with E-state index in [1.807, 2.05) is 18.2 Å². The zero-order chi connectivity index (χ0) is 9.52. The highest BCUT2D eigenvalue weighted by Crippen LogP contribution is 2.08. The number of hydrogen-bond donors (Lipinski definition) is 3. The Balaban J connectivity index is 2.46. The van der Waals surface area contributed by atoms with E-state index in [9.17, 15) is 0 Å². The van der Waals surface area contributed by atoms with Crippen molar-refractivity contribution in [2.75, 3.05) is 18.4 Å². The molecule has 0 aliphatic rings. The van der Waals surface area contributed by atoms with Crippen molar-refractivity contribution in [3.05, 3.63) is 29.8 Å². The fourth-order valence-corrected chi connectivity index (χ4v) is 1.08. The largest absolute Gasteiger partial charge is 0.385 e. The summed E-state index contributed by atoms with van der Waals surface area (Å²) in [5.74, 6) is 0. The number of anilines is 1. The van der Waals surface area contributed by atoms with E-state index in [-0.39, 0.29) is 0 Å². The second-order valence-corrected chi connectivity index (χ2v) is 2.90. The van der Waals surface area contributed by atoms with Gasteiger partial charge in [-0.1, -0.05) is 0 Å². The van der Waals surface area contributed by atoms with Gasteiger partial charge in [0.25, 0.3) is 0 Å². The maximum absolute atomic E-state index is 5.51. The van der Waals surface area contributed by atoms with E-state index < -0.39 is 0 Å². The van der Waals surface area contributed by atoms with E-state index in [2.05, 4.69) is 11.4 Å². The minimum Gasteiger partial charge on any atom is -0.385 e. The monoisotopic (exact) mass is 178 g/mol. The number of benzene rings is 1. The zero-order valence-electron chi connectivity index (χ0n) is 7.72. The Kier molecular flexibility index (Phi) is 4.29. The molecule has 0 amide bonds. The first kappa shape index (κ1) is 10.0. The van der Waals surface area contributed by atoms with Crippen LogP contribution in [-0.2, 0) is 6.54 Å². The number of nitrogens with one attached hydrogen (secondary N) is 1. The summed E-state index contributed by atoms with van der Waals surface area (Å²) in [6.45, 7) is 2.18. The van der Waals surface area contributed by atoms with Crippen LogP contribution in [0.25, 0.3) is 0 Å². The predicted molar refractivity (Wildman–Crippen MR) is 55.3 cm³/mol. The van der Waals surface area contributed by atoms with Crippen LogP contribution in [0.4, 0.5) is 5.69 Å². The first-order chi connectivity index (χ1) is 6.36. The molecule has 0 aliphatic heterocycles. The number of nitrogens with two attached hydrogens (primary N) is 2. The van der Waals surface area contributed by atoms with Gasteiger partial charge in [-0.25, -0.2) is 0 Å². The third kappa shape index (κ3) is 3.44. The maximum atomic E-state index is 5.51. The quantitative estimate of drug-likeness (QED) is 0.582. The highest BCUT2D eigenvalue weighted by atomic mass is 14.9. The second kappa shape index (κ2) is 5.56. The van der Waals surface area contributed by atoms with Crippen molar-refractivity contribution < 1.29 is 0 Å². The number of hydrogen-bond acceptors (Lipinski definition) is 3. The van der Waals surface area contributed by atoms with Crippen molar-refractivity contribution in [3.8, 4) is 0 Å². The molecule has 3 nitrogen and oxygen atoms in total. The SMILES string of the molecule is NCCCNc1c[c]cc(CN)c1. The molecular formula is C10H16N3. The lowest BCUT2D eigenvalue weighted by molar-refractivity contribution is 0.874. The lowest BCUT2D eigenvalue weighted by Crippen LogP contribution is -2.08. The van der Waals surface area contributed by atoms with Gasteiger partial charge in [0.05, 0.1) is 0 Å². The molecule has 0 fully saturated rings. The normalized spacial score (nSPS) is 10.0.